The third-order valence-electron chi connectivity index (χ3n) is 4.48. The van der Waals surface area contributed by atoms with E-state index in [9.17, 15) is 4.79 Å². The van der Waals surface area contributed by atoms with Crippen LogP contribution in [0.15, 0.2) is 42.5 Å². The number of anilines is 3. The van der Waals surface area contributed by atoms with Gasteiger partial charge in [0, 0.05) is 17.4 Å². The van der Waals surface area contributed by atoms with Crippen LogP contribution in [0.5, 0.6) is 5.75 Å². The third-order valence-corrected chi connectivity index (χ3v) is 4.48. The topological polar surface area (TPSA) is 67.6 Å². The number of ether oxygens (including phenoxy) is 1. The summed E-state index contributed by atoms with van der Waals surface area (Å²) >= 11 is 0. The van der Waals surface area contributed by atoms with Gasteiger partial charge in [0.05, 0.1) is 18.8 Å². The molecule has 1 aliphatic heterocycles. The second-order valence-corrected chi connectivity index (χ2v) is 6.35. The number of aryl methyl sites for hydroxylation is 1. The summed E-state index contributed by atoms with van der Waals surface area (Å²) in [4.78, 5) is 14.5. The van der Waals surface area contributed by atoms with E-state index in [0.29, 0.717) is 12.2 Å². The maximum Gasteiger partial charge on any atom is 0.243 e. The molecule has 1 heterocycles. The van der Waals surface area contributed by atoms with Crippen molar-refractivity contribution in [3.8, 4) is 5.75 Å². The summed E-state index contributed by atoms with van der Waals surface area (Å²) in [7, 11) is 0. The van der Waals surface area contributed by atoms with Crippen molar-refractivity contribution in [2.75, 3.05) is 29.0 Å². The standard InChI is InChI=1S/C20H25N3O2/c1-3-14-5-8-16(9-6-14)22-20(24)13-23-12-17(4-2)25-19-11-15(21)7-10-18(19)23/h5-11,17H,3-4,12-13,21H2,1-2H3,(H,22,24). The fourth-order valence-electron chi connectivity index (χ4n) is 3.01. The molecule has 1 aliphatic rings. The average molecular weight is 339 g/mol. The smallest absolute Gasteiger partial charge is 0.243 e. The van der Waals surface area contributed by atoms with Crippen molar-refractivity contribution in [2.45, 2.75) is 32.8 Å². The molecular formula is C20H25N3O2. The summed E-state index contributed by atoms with van der Waals surface area (Å²) in [6, 6.07) is 13.5. The quantitative estimate of drug-likeness (QED) is 0.819. The highest BCUT2D eigenvalue weighted by molar-refractivity contribution is 5.94. The number of hydrogen-bond donors (Lipinski definition) is 2. The number of nitrogens with one attached hydrogen (secondary N) is 1. The summed E-state index contributed by atoms with van der Waals surface area (Å²) in [5, 5.41) is 2.97. The zero-order valence-corrected chi connectivity index (χ0v) is 14.8. The minimum atomic E-state index is -0.0382. The molecule has 0 aromatic heterocycles. The van der Waals surface area contributed by atoms with Crippen molar-refractivity contribution in [1.29, 1.82) is 0 Å². The summed E-state index contributed by atoms with van der Waals surface area (Å²) < 4.78 is 5.96. The highest BCUT2D eigenvalue weighted by Crippen LogP contribution is 2.35. The summed E-state index contributed by atoms with van der Waals surface area (Å²) in [6.07, 6.45) is 1.93. The molecule has 1 amide bonds. The summed E-state index contributed by atoms with van der Waals surface area (Å²) in [5.74, 6) is 0.710. The molecule has 5 nitrogen and oxygen atoms in total. The van der Waals surface area contributed by atoms with Gasteiger partial charge in [-0.25, -0.2) is 0 Å². The normalized spacial score (nSPS) is 16.1. The van der Waals surface area contributed by atoms with Gasteiger partial charge in [-0.15, -0.1) is 0 Å². The Bertz CT molecular complexity index is 743. The first kappa shape index (κ1) is 17.1. The van der Waals surface area contributed by atoms with E-state index in [-0.39, 0.29) is 18.6 Å². The maximum atomic E-state index is 12.5. The molecule has 0 fully saturated rings. The van der Waals surface area contributed by atoms with Crippen LogP contribution in [-0.2, 0) is 11.2 Å². The van der Waals surface area contributed by atoms with Crippen molar-refractivity contribution in [3.05, 3.63) is 48.0 Å². The Morgan fingerprint density at radius 2 is 2.00 bits per heavy atom. The van der Waals surface area contributed by atoms with E-state index in [4.69, 9.17) is 10.5 Å². The molecule has 5 heteroatoms. The molecule has 0 saturated heterocycles. The van der Waals surface area contributed by atoms with Crippen LogP contribution in [0.3, 0.4) is 0 Å². The molecule has 132 valence electrons. The molecule has 1 unspecified atom stereocenters. The Labute approximate surface area is 148 Å². The number of carbonyl (C=O) groups is 1. The lowest BCUT2D eigenvalue weighted by molar-refractivity contribution is -0.115. The van der Waals surface area contributed by atoms with E-state index >= 15 is 0 Å². The van der Waals surface area contributed by atoms with Crippen LogP contribution in [0.4, 0.5) is 17.1 Å². The van der Waals surface area contributed by atoms with Crippen LogP contribution in [-0.4, -0.2) is 25.1 Å². The predicted molar refractivity (Wildman–Crippen MR) is 102 cm³/mol. The van der Waals surface area contributed by atoms with E-state index < -0.39 is 0 Å². The van der Waals surface area contributed by atoms with Crippen molar-refractivity contribution in [1.82, 2.24) is 0 Å². The molecule has 0 bridgehead atoms. The molecule has 0 saturated carbocycles. The van der Waals surface area contributed by atoms with E-state index in [1.165, 1.54) is 5.56 Å². The molecule has 3 N–H and O–H groups in total. The Morgan fingerprint density at radius 1 is 1.24 bits per heavy atom. The van der Waals surface area contributed by atoms with E-state index in [1.807, 2.05) is 42.5 Å². The molecule has 3 rings (SSSR count). The van der Waals surface area contributed by atoms with Gasteiger partial charge < -0.3 is 20.7 Å². The van der Waals surface area contributed by atoms with Gasteiger partial charge in [0.1, 0.15) is 11.9 Å². The number of nitrogens with zero attached hydrogens (tertiary/aromatic N) is 1. The fraction of sp³-hybridized carbons (Fsp3) is 0.350. The molecule has 0 radical (unpaired) electrons. The van der Waals surface area contributed by atoms with Gasteiger partial charge in [0.15, 0.2) is 0 Å². The number of benzene rings is 2. The van der Waals surface area contributed by atoms with E-state index in [0.717, 1.165) is 30.0 Å². The van der Waals surface area contributed by atoms with Crippen LogP contribution in [0.2, 0.25) is 0 Å². The molecule has 25 heavy (non-hydrogen) atoms. The van der Waals surface area contributed by atoms with Gasteiger partial charge in [-0.05, 0) is 42.7 Å². The van der Waals surface area contributed by atoms with Gasteiger partial charge in [0.25, 0.3) is 0 Å². The van der Waals surface area contributed by atoms with Gasteiger partial charge >= 0.3 is 0 Å². The van der Waals surface area contributed by atoms with Crippen LogP contribution in [0.1, 0.15) is 25.8 Å². The number of hydrogen-bond acceptors (Lipinski definition) is 4. The Morgan fingerprint density at radius 3 is 2.68 bits per heavy atom. The van der Waals surface area contributed by atoms with Crippen molar-refractivity contribution < 1.29 is 9.53 Å². The number of rotatable bonds is 5. The number of fused-ring (bicyclic) bond motifs is 1. The third kappa shape index (κ3) is 4.05. The van der Waals surface area contributed by atoms with Crippen molar-refractivity contribution >= 4 is 23.0 Å². The monoisotopic (exact) mass is 339 g/mol. The molecule has 0 aliphatic carbocycles. The largest absolute Gasteiger partial charge is 0.486 e. The van der Waals surface area contributed by atoms with Gasteiger partial charge in [0.2, 0.25) is 5.91 Å². The maximum absolute atomic E-state index is 12.5. The predicted octanol–water partition coefficient (Wildman–Crippen LogP) is 3.45. The van der Waals surface area contributed by atoms with Crippen molar-refractivity contribution in [2.24, 2.45) is 0 Å². The first-order valence-electron chi connectivity index (χ1n) is 8.79. The first-order chi connectivity index (χ1) is 12.1. The van der Waals surface area contributed by atoms with Gasteiger partial charge in [-0.2, -0.15) is 0 Å². The fourth-order valence-corrected chi connectivity index (χ4v) is 3.01. The zero-order valence-electron chi connectivity index (χ0n) is 14.8. The lowest BCUT2D eigenvalue weighted by Gasteiger charge is -2.35. The average Bonchev–Trinajstić information content (AvgIpc) is 2.61. The Kier molecular flexibility index (Phi) is 5.12. The number of carbonyl (C=O) groups excluding carboxylic acids is 1. The SMILES string of the molecule is CCc1ccc(NC(=O)CN2CC(CC)Oc3cc(N)ccc32)cc1. The number of nitrogen functional groups attached to an aromatic ring is 1. The summed E-state index contributed by atoms with van der Waals surface area (Å²) in [6.45, 7) is 5.16. The highest BCUT2D eigenvalue weighted by atomic mass is 16.5. The second-order valence-electron chi connectivity index (χ2n) is 6.35. The molecule has 1 atom stereocenters. The van der Waals surface area contributed by atoms with Gasteiger partial charge in [-0.3, -0.25) is 4.79 Å². The molecule has 2 aromatic carbocycles. The van der Waals surface area contributed by atoms with Crippen LogP contribution in [0.25, 0.3) is 0 Å². The Hall–Kier alpha value is -2.69. The molecule has 2 aromatic rings. The van der Waals surface area contributed by atoms with Crippen LogP contribution < -0.4 is 20.7 Å². The summed E-state index contributed by atoms with van der Waals surface area (Å²) in [5.41, 5.74) is 9.51. The Balaban J connectivity index is 1.71. The lowest BCUT2D eigenvalue weighted by atomic mass is 10.1. The van der Waals surface area contributed by atoms with E-state index in [2.05, 4.69) is 24.1 Å². The van der Waals surface area contributed by atoms with Crippen LogP contribution >= 0.6 is 0 Å². The van der Waals surface area contributed by atoms with E-state index in [1.54, 1.807) is 0 Å². The van der Waals surface area contributed by atoms with Gasteiger partial charge in [-0.1, -0.05) is 26.0 Å². The first-order valence-corrected chi connectivity index (χ1v) is 8.79. The highest BCUT2D eigenvalue weighted by Gasteiger charge is 2.26. The number of nitrogens with two attached hydrogens (primary N) is 1. The zero-order chi connectivity index (χ0) is 17.8. The van der Waals surface area contributed by atoms with Crippen LogP contribution in [0, 0.1) is 0 Å². The minimum Gasteiger partial charge on any atom is -0.486 e. The molecular weight excluding hydrogens is 314 g/mol. The second kappa shape index (κ2) is 7.47. The minimum absolute atomic E-state index is 0.0382. The molecule has 0 spiro atoms. The lowest BCUT2D eigenvalue weighted by Crippen LogP contribution is -2.43. The number of amides is 1. The van der Waals surface area contributed by atoms with Crippen molar-refractivity contribution in [3.63, 3.8) is 0 Å².